The smallest absolute Gasteiger partial charge is 0.151 e. The van der Waals surface area contributed by atoms with E-state index in [0.29, 0.717) is 22.9 Å². The van der Waals surface area contributed by atoms with E-state index in [2.05, 4.69) is 12.1 Å². The Bertz CT molecular complexity index is 663. The van der Waals surface area contributed by atoms with Crippen molar-refractivity contribution in [3.8, 4) is 12.1 Å². The predicted octanol–water partition coefficient (Wildman–Crippen LogP) is 4.81. The normalized spacial score (nSPS) is 10.7. The molecular formula is C17H12Cl2N2. The molecule has 104 valence electrons. The maximum atomic E-state index is 9.50. The van der Waals surface area contributed by atoms with Gasteiger partial charge in [-0.05, 0) is 35.4 Å². The van der Waals surface area contributed by atoms with Crippen LogP contribution in [0, 0.1) is 28.1 Å². The summed E-state index contributed by atoms with van der Waals surface area (Å²) < 4.78 is 0. The van der Waals surface area contributed by atoms with Gasteiger partial charge < -0.3 is 0 Å². The highest BCUT2D eigenvalue weighted by molar-refractivity contribution is 6.30. The van der Waals surface area contributed by atoms with E-state index in [4.69, 9.17) is 23.2 Å². The third kappa shape index (κ3) is 3.99. The quantitative estimate of drug-likeness (QED) is 0.812. The van der Waals surface area contributed by atoms with Crippen LogP contribution in [0.15, 0.2) is 48.5 Å². The number of nitriles is 2. The van der Waals surface area contributed by atoms with Crippen LogP contribution in [0.2, 0.25) is 10.0 Å². The van der Waals surface area contributed by atoms with Crippen molar-refractivity contribution in [2.75, 3.05) is 0 Å². The van der Waals surface area contributed by atoms with Crippen LogP contribution in [0.5, 0.6) is 0 Å². The highest BCUT2D eigenvalue weighted by Crippen LogP contribution is 2.28. The van der Waals surface area contributed by atoms with Gasteiger partial charge in [-0.15, -0.1) is 0 Å². The van der Waals surface area contributed by atoms with Crippen LogP contribution in [0.25, 0.3) is 0 Å². The SMILES string of the molecule is N#CC(C#N)(Cc1cccc(Cl)c1)Cc1cccc(Cl)c1. The Kier molecular flexibility index (Phi) is 4.86. The van der Waals surface area contributed by atoms with Crippen LogP contribution >= 0.6 is 23.2 Å². The Labute approximate surface area is 134 Å². The summed E-state index contributed by atoms with van der Waals surface area (Å²) in [5.74, 6) is 0. The van der Waals surface area contributed by atoms with Gasteiger partial charge in [-0.3, -0.25) is 0 Å². The lowest BCUT2D eigenvalue weighted by molar-refractivity contribution is 0.515. The minimum Gasteiger partial charge on any atom is -0.197 e. The second-order valence-corrected chi connectivity index (χ2v) is 5.79. The van der Waals surface area contributed by atoms with E-state index < -0.39 is 5.41 Å². The highest BCUT2D eigenvalue weighted by atomic mass is 35.5. The third-order valence-corrected chi connectivity index (χ3v) is 3.69. The largest absolute Gasteiger partial charge is 0.197 e. The van der Waals surface area contributed by atoms with Gasteiger partial charge in [-0.1, -0.05) is 47.5 Å². The second kappa shape index (κ2) is 6.64. The monoisotopic (exact) mass is 314 g/mol. The van der Waals surface area contributed by atoms with E-state index in [-0.39, 0.29) is 0 Å². The van der Waals surface area contributed by atoms with Crippen molar-refractivity contribution in [1.29, 1.82) is 10.5 Å². The molecule has 0 heterocycles. The van der Waals surface area contributed by atoms with Gasteiger partial charge in [-0.25, -0.2) is 0 Å². The first-order valence-electron chi connectivity index (χ1n) is 6.38. The van der Waals surface area contributed by atoms with Crippen LogP contribution in [-0.2, 0) is 12.8 Å². The van der Waals surface area contributed by atoms with Gasteiger partial charge in [0.05, 0.1) is 12.1 Å². The van der Waals surface area contributed by atoms with E-state index >= 15 is 0 Å². The van der Waals surface area contributed by atoms with Crippen molar-refractivity contribution in [3.63, 3.8) is 0 Å². The summed E-state index contributed by atoms with van der Waals surface area (Å²) in [5.41, 5.74) is 0.607. The molecule has 0 atom stereocenters. The number of hydrogen-bond donors (Lipinski definition) is 0. The molecular weight excluding hydrogens is 303 g/mol. The van der Waals surface area contributed by atoms with E-state index in [0.717, 1.165) is 11.1 Å². The van der Waals surface area contributed by atoms with Crippen molar-refractivity contribution in [3.05, 3.63) is 69.7 Å². The fraction of sp³-hybridized carbons (Fsp3) is 0.176. The summed E-state index contributed by atoms with van der Waals surface area (Å²) in [5, 5.41) is 20.2. The van der Waals surface area contributed by atoms with Crippen LogP contribution < -0.4 is 0 Å². The molecule has 0 unspecified atom stereocenters. The molecule has 0 saturated carbocycles. The molecule has 0 bridgehead atoms. The van der Waals surface area contributed by atoms with Crippen LogP contribution in [0.3, 0.4) is 0 Å². The number of rotatable bonds is 4. The molecule has 2 aromatic rings. The zero-order chi connectivity index (χ0) is 15.3. The minimum atomic E-state index is -1.13. The van der Waals surface area contributed by atoms with Gasteiger partial charge >= 0.3 is 0 Å². The molecule has 0 saturated heterocycles. The molecule has 2 aromatic carbocycles. The molecule has 0 aliphatic carbocycles. The number of nitrogens with zero attached hydrogens (tertiary/aromatic N) is 2. The molecule has 21 heavy (non-hydrogen) atoms. The average Bonchev–Trinajstić information content (AvgIpc) is 2.46. The van der Waals surface area contributed by atoms with E-state index in [1.165, 1.54) is 0 Å². The van der Waals surface area contributed by atoms with Crippen molar-refractivity contribution >= 4 is 23.2 Å². The van der Waals surface area contributed by atoms with E-state index in [9.17, 15) is 10.5 Å². The molecule has 0 amide bonds. The van der Waals surface area contributed by atoms with Gasteiger partial charge in [-0.2, -0.15) is 10.5 Å². The van der Waals surface area contributed by atoms with E-state index in [1.807, 2.05) is 24.3 Å². The van der Waals surface area contributed by atoms with Gasteiger partial charge in [0, 0.05) is 22.9 Å². The summed E-state index contributed by atoms with van der Waals surface area (Å²) in [7, 11) is 0. The molecule has 0 spiro atoms. The number of halogens is 2. The Balaban J connectivity index is 2.29. The molecule has 2 rings (SSSR count). The molecule has 0 N–H and O–H groups in total. The maximum Gasteiger partial charge on any atom is 0.151 e. The van der Waals surface area contributed by atoms with Crippen molar-refractivity contribution in [1.82, 2.24) is 0 Å². The predicted molar refractivity (Wildman–Crippen MR) is 84.0 cm³/mol. The molecule has 0 aromatic heterocycles. The van der Waals surface area contributed by atoms with Gasteiger partial charge in [0.25, 0.3) is 0 Å². The van der Waals surface area contributed by atoms with Gasteiger partial charge in [0.15, 0.2) is 5.41 Å². The first kappa shape index (κ1) is 15.4. The summed E-state index contributed by atoms with van der Waals surface area (Å²) in [6.45, 7) is 0. The van der Waals surface area contributed by atoms with Crippen LogP contribution in [0.4, 0.5) is 0 Å². The summed E-state index contributed by atoms with van der Waals surface area (Å²) in [6.07, 6.45) is 0.653. The standard InChI is InChI=1S/C17H12Cl2N2/c18-15-5-1-3-13(7-15)9-17(11-20,12-21)10-14-4-2-6-16(19)8-14/h1-8H,9-10H2. The van der Waals surface area contributed by atoms with Crippen molar-refractivity contribution in [2.24, 2.45) is 5.41 Å². The molecule has 0 fully saturated rings. The Morgan fingerprint density at radius 2 is 1.24 bits per heavy atom. The van der Waals surface area contributed by atoms with Crippen molar-refractivity contribution in [2.45, 2.75) is 12.8 Å². The topological polar surface area (TPSA) is 47.6 Å². The summed E-state index contributed by atoms with van der Waals surface area (Å²) >= 11 is 11.9. The lowest BCUT2D eigenvalue weighted by atomic mass is 9.79. The molecule has 0 aliphatic heterocycles. The van der Waals surface area contributed by atoms with Crippen LogP contribution in [0.1, 0.15) is 11.1 Å². The lowest BCUT2D eigenvalue weighted by Gasteiger charge is -2.19. The number of hydrogen-bond acceptors (Lipinski definition) is 2. The van der Waals surface area contributed by atoms with E-state index in [1.54, 1.807) is 24.3 Å². The average molecular weight is 315 g/mol. The van der Waals surface area contributed by atoms with Gasteiger partial charge in [0.2, 0.25) is 0 Å². The number of benzene rings is 2. The summed E-state index contributed by atoms with van der Waals surface area (Å²) in [6, 6.07) is 18.8. The first-order chi connectivity index (χ1) is 10.1. The molecule has 0 aliphatic rings. The fourth-order valence-corrected chi connectivity index (χ4v) is 2.66. The summed E-state index contributed by atoms with van der Waals surface area (Å²) in [4.78, 5) is 0. The Morgan fingerprint density at radius 1 is 0.810 bits per heavy atom. The molecule has 0 radical (unpaired) electrons. The van der Waals surface area contributed by atoms with Crippen LogP contribution in [-0.4, -0.2) is 0 Å². The zero-order valence-electron chi connectivity index (χ0n) is 11.2. The molecule has 2 nitrogen and oxygen atoms in total. The first-order valence-corrected chi connectivity index (χ1v) is 7.14. The van der Waals surface area contributed by atoms with Crippen molar-refractivity contribution < 1.29 is 0 Å². The zero-order valence-corrected chi connectivity index (χ0v) is 12.7. The Hall–Kier alpha value is -2.00. The third-order valence-electron chi connectivity index (χ3n) is 3.22. The fourth-order valence-electron chi connectivity index (χ4n) is 2.24. The molecule has 4 heteroatoms. The minimum absolute atomic E-state index is 0.326. The lowest BCUT2D eigenvalue weighted by Crippen LogP contribution is -2.22. The highest BCUT2D eigenvalue weighted by Gasteiger charge is 2.31. The van der Waals surface area contributed by atoms with Gasteiger partial charge in [0.1, 0.15) is 0 Å². The second-order valence-electron chi connectivity index (χ2n) is 4.92. The maximum absolute atomic E-state index is 9.50. The Morgan fingerprint density at radius 3 is 1.57 bits per heavy atom.